The van der Waals surface area contributed by atoms with Crippen molar-refractivity contribution in [1.29, 1.82) is 0 Å². The maximum Gasteiger partial charge on any atom is 0.168 e. The van der Waals surface area contributed by atoms with Gasteiger partial charge in [-0.05, 0) is 26.2 Å². The van der Waals surface area contributed by atoms with Gasteiger partial charge in [-0.2, -0.15) is 0 Å². The van der Waals surface area contributed by atoms with Gasteiger partial charge < -0.3 is 15.4 Å². The maximum absolute atomic E-state index is 13.8. The van der Waals surface area contributed by atoms with Crippen molar-refractivity contribution < 1.29 is 13.5 Å². The average Bonchev–Trinajstić information content (AvgIpc) is 2.40. The van der Waals surface area contributed by atoms with Crippen molar-refractivity contribution in [1.82, 2.24) is 4.98 Å². The number of pyridine rings is 1. The molecule has 1 saturated heterocycles. The fraction of sp³-hybridized carbons (Fsp3) is 0.643. The number of nitrogens with one attached hydrogen (secondary N) is 2. The molecule has 6 heteroatoms. The molecule has 1 aromatic heterocycles. The van der Waals surface area contributed by atoms with Crippen LogP contribution in [0.4, 0.5) is 20.4 Å². The second-order valence-electron chi connectivity index (χ2n) is 5.12. The number of anilines is 2. The molecule has 0 bridgehead atoms. The first kappa shape index (κ1) is 15.0. The van der Waals surface area contributed by atoms with Gasteiger partial charge in [0.1, 0.15) is 0 Å². The lowest BCUT2D eigenvalue weighted by Gasteiger charge is -2.28. The molecule has 0 aromatic carbocycles. The zero-order valence-corrected chi connectivity index (χ0v) is 11.9. The second kappa shape index (κ2) is 6.83. The van der Waals surface area contributed by atoms with E-state index in [1.807, 2.05) is 13.8 Å². The number of nitrogens with zero attached hydrogens (tertiary/aromatic N) is 1. The zero-order valence-electron chi connectivity index (χ0n) is 11.9. The highest BCUT2D eigenvalue weighted by Crippen LogP contribution is 2.23. The summed E-state index contributed by atoms with van der Waals surface area (Å²) in [6.07, 6.45) is 2.57. The van der Waals surface area contributed by atoms with Gasteiger partial charge in [-0.3, -0.25) is 0 Å². The molecule has 0 amide bonds. The Labute approximate surface area is 117 Å². The Balaban J connectivity index is 2.09. The normalized spacial score (nSPS) is 22.6. The van der Waals surface area contributed by atoms with E-state index in [0.29, 0.717) is 13.2 Å². The molecule has 112 valence electrons. The van der Waals surface area contributed by atoms with Crippen molar-refractivity contribution in [3.8, 4) is 0 Å². The SMILES string of the molecule is CCCNc1nc(NC2CCOC(C)C2)c(F)cc1F. The summed E-state index contributed by atoms with van der Waals surface area (Å²) in [5.74, 6) is -1.13. The molecule has 4 nitrogen and oxygen atoms in total. The van der Waals surface area contributed by atoms with Gasteiger partial charge in [0.2, 0.25) is 0 Å². The van der Waals surface area contributed by atoms with Crippen LogP contribution >= 0.6 is 0 Å². The molecular formula is C14H21F2N3O. The molecule has 2 heterocycles. The van der Waals surface area contributed by atoms with Crippen LogP contribution in [0.5, 0.6) is 0 Å². The minimum absolute atomic E-state index is 0.0934. The highest BCUT2D eigenvalue weighted by Gasteiger charge is 2.21. The van der Waals surface area contributed by atoms with Gasteiger partial charge in [0.05, 0.1) is 6.10 Å². The van der Waals surface area contributed by atoms with Crippen molar-refractivity contribution in [2.24, 2.45) is 0 Å². The highest BCUT2D eigenvalue weighted by atomic mass is 19.1. The first-order valence-corrected chi connectivity index (χ1v) is 7.08. The van der Waals surface area contributed by atoms with Crippen LogP contribution in [0.25, 0.3) is 0 Å². The van der Waals surface area contributed by atoms with Crippen molar-refractivity contribution in [3.05, 3.63) is 17.7 Å². The molecule has 1 aromatic rings. The lowest BCUT2D eigenvalue weighted by Crippen LogP contribution is -2.33. The van der Waals surface area contributed by atoms with E-state index in [4.69, 9.17) is 4.74 Å². The van der Waals surface area contributed by atoms with Crippen LogP contribution in [0.2, 0.25) is 0 Å². The lowest BCUT2D eigenvalue weighted by molar-refractivity contribution is 0.0231. The largest absolute Gasteiger partial charge is 0.378 e. The van der Waals surface area contributed by atoms with E-state index in [0.717, 1.165) is 25.3 Å². The standard InChI is InChI=1S/C14H21F2N3O/c1-3-5-17-13-11(15)8-12(16)14(19-13)18-10-4-6-20-9(2)7-10/h8-10H,3-7H2,1-2H3,(H2,17,18,19). The Bertz CT molecular complexity index is 456. The van der Waals surface area contributed by atoms with E-state index >= 15 is 0 Å². The third-order valence-electron chi connectivity index (χ3n) is 3.30. The predicted molar refractivity (Wildman–Crippen MR) is 75.0 cm³/mol. The number of rotatable bonds is 5. The van der Waals surface area contributed by atoms with E-state index < -0.39 is 11.6 Å². The third-order valence-corrected chi connectivity index (χ3v) is 3.30. The molecule has 2 atom stereocenters. The predicted octanol–water partition coefficient (Wildman–Crippen LogP) is 3.16. The van der Waals surface area contributed by atoms with Crippen LogP contribution in [-0.2, 0) is 4.74 Å². The smallest absolute Gasteiger partial charge is 0.168 e. The molecule has 0 aliphatic carbocycles. The van der Waals surface area contributed by atoms with E-state index in [2.05, 4.69) is 15.6 Å². The minimum atomic E-state index is -0.665. The minimum Gasteiger partial charge on any atom is -0.378 e. The Morgan fingerprint density at radius 3 is 2.80 bits per heavy atom. The van der Waals surface area contributed by atoms with Crippen molar-refractivity contribution in [2.45, 2.75) is 45.3 Å². The fourth-order valence-corrected chi connectivity index (χ4v) is 2.26. The lowest BCUT2D eigenvalue weighted by atomic mass is 10.0. The van der Waals surface area contributed by atoms with Gasteiger partial charge in [-0.15, -0.1) is 0 Å². The summed E-state index contributed by atoms with van der Waals surface area (Å²) in [6, 6.07) is 0.973. The molecule has 1 fully saturated rings. The fourth-order valence-electron chi connectivity index (χ4n) is 2.26. The highest BCUT2D eigenvalue weighted by molar-refractivity contribution is 5.48. The molecule has 0 radical (unpaired) electrons. The molecule has 2 N–H and O–H groups in total. The van der Waals surface area contributed by atoms with Gasteiger partial charge >= 0.3 is 0 Å². The molecule has 2 unspecified atom stereocenters. The topological polar surface area (TPSA) is 46.2 Å². The molecule has 1 aliphatic heterocycles. The Morgan fingerprint density at radius 1 is 1.35 bits per heavy atom. The van der Waals surface area contributed by atoms with Gasteiger partial charge in [-0.1, -0.05) is 6.92 Å². The van der Waals surface area contributed by atoms with E-state index in [1.165, 1.54) is 0 Å². The van der Waals surface area contributed by atoms with Crippen LogP contribution in [0.3, 0.4) is 0 Å². The Hall–Kier alpha value is -1.43. The quantitative estimate of drug-likeness (QED) is 0.872. The molecule has 20 heavy (non-hydrogen) atoms. The van der Waals surface area contributed by atoms with Crippen molar-refractivity contribution >= 4 is 11.6 Å². The number of aromatic nitrogens is 1. The number of hydrogen-bond donors (Lipinski definition) is 2. The summed E-state index contributed by atoms with van der Waals surface area (Å²) < 4.78 is 32.8. The van der Waals surface area contributed by atoms with Gasteiger partial charge in [-0.25, -0.2) is 13.8 Å². The molecular weight excluding hydrogens is 264 g/mol. The first-order chi connectivity index (χ1) is 9.60. The van der Waals surface area contributed by atoms with Crippen LogP contribution in [0.15, 0.2) is 6.07 Å². The third kappa shape index (κ3) is 3.79. The van der Waals surface area contributed by atoms with Crippen LogP contribution in [-0.4, -0.2) is 30.3 Å². The van der Waals surface area contributed by atoms with E-state index in [1.54, 1.807) is 0 Å². The van der Waals surface area contributed by atoms with Crippen molar-refractivity contribution in [3.63, 3.8) is 0 Å². The number of ether oxygens (including phenoxy) is 1. The average molecular weight is 285 g/mol. The van der Waals surface area contributed by atoms with Crippen LogP contribution in [0, 0.1) is 11.6 Å². The summed E-state index contributed by atoms with van der Waals surface area (Å²) >= 11 is 0. The van der Waals surface area contributed by atoms with Crippen molar-refractivity contribution in [2.75, 3.05) is 23.8 Å². The van der Waals surface area contributed by atoms with E-state index in [9.17, 15) is 8.78 Å². The van der Waals surface area contributed by atoms with Gasteiger partial charge in [0.25, 0.3) is 0 Å². The molecule has 0 spiro atoms. The molecule has 0 saturated carbocycles. The summed E-state index contributed by atoms with van der Waals surface area (Å²) in [7, 11) is 0. The summed E-state index contributed by atoms with van der Waals surface area (Å²) in [6.45, 7) is 5.19. The zero-order chi connectivity index (χ0) is 14.5. The van der Waals surface area contributed by atoms with E-state index in [-0.39, 0.29) is 23.8 Å². The van der Waals surface area contributed by atoms with Gasteiger partial charge in [0.15, 0.2) is 23.3 Å². The summed E-state index contributed by atoms with van der Waals surface area (Å²) in [5, 5.41) is 5.91. The maximum atomic E-state index is 13.8. The first-order valence-electron chi connectivity index (χ1n) is 7.08. The second-order valence-corrected chi connectivity index (χ2v) is 5.12. The Morgan fingerprint density at radius 2 is 2.10 bits per heavy atom. The summed E-state index contributed by atoms with van der Waals surface area (Å²) in [4.78, 5) is 4.02. The molecule has 2 rings (SSSR count). The van der Waals surface area contributed by atoms with Gasteiger partial charge in [0, 0.05) is 25.3 Å². The molecule has 1 aliphatic rings. The number of hydrogen-bond acceptors (Lipinski definition) is 4. The summed E-state index contributed by atoms with van der Waals surface area (Å²) in [5.41, 5.74) is 0. The van der Waals surface area contributed by atoms with Crippen LogP contribution < -0.4 is 10.6 Å². The van der Waals surface area contributed by atoms with Crippen LogP contribution in [0.1, 0.15) is 33.1 Å². The number of halogens is 2. The Kier molecular flexibility index (Phi) is 5.11. The monoisotopic (exact) mass is 285 g/mol.